The van der Waals surface area contributed by atoms with Crippen molar-refractivity contribution in [1.82, 2.24) is 0 Å². The first kappa shape index (κ1) is 12.6. The van der Waals surface area contributed by atoms with Crippen LogP contribution in [-0.4, -0.2) is 12.3 Å². The molecular formula is C16H18NO. The van der Waals surface area contributed by atoms with E-state index in [2.05, 4.69) is 48.6 Å². The summed E-state index contributed by atoms with van der Waals surface area (Å²) < 4.78 is 0. The number of benzene rings is 1. The van der Waals surface area contributed by atoms with Gasteiger partial charge in [0.05, 0.1) is 6.54 Å². The van der Waals surface area contributed by atoms with E-state index >= 15 is 0 Å². The average molecular weight is 240 g/mol. The molecule has 18 heavy (non-hydrogen) atoms. The zero-order chi connectivity index (χ0) is 13.0. The molecule has 0 fully saturated rings. The number of carbonyl (C=O) groups is 1. The van der Waals surface area contributed by atoms with Gasteiger partial charge >= 0.3 is 0 Å². The lowest BCUT2D eigenvalue weighted by molar-refractivity contribution is -0.115. The van der Waals surface area contributed by atoms with Crippen LogP contribution in [0, 0.1) is 13.3 Å². The Kier molecular flexibility index (Phi) is 3.98. The lowest BCUT2D eigenvalue weighted by Gasteiger charge is -2.26. The summed E-state index contributed by atoms with van der Waals surface area (Å²) in [7, 11) is 0. The van der Waals surface area contributed by atoms with Crippen molar-refractivity contribution >= 4 is 11.5 Å². The summed E-state index contributed by atoms with van der Waals surface area (Å²) in [6.45, 7) is 4.10. The van der Waals surface area contributed by atoms with Gasteiger partial charge in [-0.05, 0) is 44.9 Å². The summed E-state index contributed by atoms with van der Waals surface area (Å²) in [5.74, 6) is 0.166. The van der Waals surface area contributed by atoms with Crippen molar-refractivity contribution < 1.29 is 4.79 Å². The minimum atomic E-state index is 0.166. The highest BCUT2D eigenvalue weighted by Gasteiger charge is 2.13. The van der Waals surface area contributed by atoms with Crippen LogP contribution >= 0.6 is 0 Å². The molecule has 0 bridgehead atoms. The molecule has 2 rings (SSSR count). The number of hydrogen-bond donors (Lipinski definition) is 0. The Bertz CT molecular complexity index is 482. The fraction of sp³-hybridized carbons (Fsp3) is 0.250. The van der Waals surface area contributed by atoms with Crippen molar-refractivity contribution in [2.75, 3.05) is 11.4 Å². The van der Waals surface area contributed by atoms with Gasteiger partial charge < -0.3 is 4.90 Å². The molecule has 2 nitrogen and oxygen atoms in total. The van der Waals surface area contributed by atoms with Crippen LogP contribution < -0.4 is 4.90 Å². The second-order valence-electron chi connectivity index (χ2n) is 4.58. The molecule has 0 saturated heterocycles. The molecule has 2 heteroatoms. The summed E-state index contributed by atoms with van der Waals surface area (Å²) in [4.78, 5) is 13.5. The molecule has 0 atom stereocenters. The second-order valence-corrected chi connectivity index (χ2v) is 4.58. The highest BCUT2D eigenvalue weighted by molar-refractivity contribution is 5.82. The zero-order valence-electron chi connectivity index (χ0n) is 10.9. The molecule has 1 radical (unpaired) electrons. The van der Waals surface area contributed by atoms with Crippen LogP contribution in [0.15, 0.2) is 48.2 Å². The van der Waals surface area contributed by atoms with Gasteiger partial charge in [0.25, 0.3) is 0 Å². The monoisotopic (exact) mass is 240 g/mol. The van der Waals surface area contributed by atoms with Crippen LogP contribution in [0.25, 0.3) is 0 Å². The zero-order valence-corrected chi connectivity index (χ0v) is 10.9. The highest BCUT2D eigenvalue weighted by Crippen LogP contribution is 2.23. The van der Waals surface area contributed by atoms with Gasteiger partial charge in [-0.15, -0.1) is 0 Å². The second kappa shape index (κ2) is 5.67. The van der Waals surface area contributed by atoms with Gasteiger partial charge in [0.15, 0.2) is 0 Å². The van der Waals surface area contributed by atoms with Crippen molar-refractivity contribution in [3.8, 4) is 0 Å². The molecule has 0 saturated carbocycles. The van der Waals surface area contributed by atoms with Crippen LogP contribution in [0.2, 0.25) is 0 Å². The van der Waals surface area contributed by atoms with E-state index in [9.17, 15) is 4.79 Å². The number of aryl methyl sites for hydroxylation is 1. The van der Waals surface area contributed by atoms with Crippen LogP contribution in [0.5, 0.6) is 0 Å². The lowest BCUT2D eigenvalue weighted by atomic mass is 10.1. The molecule has 0 aliphatic heterocycles. The molecule has 0 aromatic heterocycles. The maximum Gasteiger partial charge on any atom is 0.149 e. The quantitative estimate of drug-likeness (QED) is 0.803. The Morgan fingerprint density at radius 1 is 1.28 bits per heavy atom. The number of rotatable bonds is 4. The fourth-order valence-corrected chi connectivity index (χ4v) is 1.98. The van der Waals surface area contributed by atoms with Gasteiger partial charge in [-0.3, -0.25) is 4.79 Å². The van der Waals surface area contributed by atoms with E-state index in [1.165, 1.54) is 5.56 Å². The number of anilines is 1. The van der Waals surface area contributed by atoms with E-state index in [0.29, 0.717) is 6.54 Å². The maximum absolute atomic E-state index is 11.4. The maximum atomic E-state index is 11.4. The summed E-state index contributed by atoms with van der Waals surface area (Å²) in [5, 5.41) is 0. The summed E-state index contributed by atoms with van der Waals surface area (Å²) in [6, 6.07) is 8.26. The number of ketones is 1. The van der Waals surface area contributed by atoms with Gasteiger partial charge in [0.2, 0.25) is 0 Å². The largest absolute Gasteiger partial charge is 0.334 e. The molecular weight excluding hydrogens is 222 g/mol. The molecule has 1 aromatic carbocycles. The Labute approximate surface area is 109 Å². The van der Waals surface area contributed by atoms with Gasteiger partial charge in [0, 0.05) is 11.4 Å². The van der Waals surface area contributed by atoms with Gasteiger partial charge in [-0.2, -0.15) is 0 Å². The molecule has 0 N–H and O–H groups in total. The SMILES string of the molecule is CC(=O)CN(C1=CC[CH]C=C1)c1ccc(C)cc1. The molecule has 0 unspecified atom stereocenters. The lowest BCUT2D eigenvalue weighted by Crippen LogP contribution is -2.27. The van der Waals surface area contributed by atoms with Crippen molar-refractivity contribution in [3.63, 3.8) is 0 Å². The number of allylic oxidation sites excluding steroid dienone is 3. The molecule has 0 amide bonds. The van der Waals surface area contributed by atoms with Crippen molar-refractivity contribution in [2.24, 2.45) is 0 Å². The topological polar surface area (TPSA) is 20.3 Å². The third-order valence-electron chi connectivity index (χ3n) is 2.90. The Hall–Kier alpha value is -1.83. The predicted molar refractivity (Wildman–Crippen MR) is 75.3 cm³/mol. The first-order valence-electron chi connectivity index (χ1n) is 6.20. The number of carbonyl (C=O) groups excluding carboxylic acids is 1. The van der Waals surface area contributed by atoms with Crippen molar-refractivity contribution in [2.45, 2.75) is 20.3 Å². The van der Waals surface area contributed by atoms with Crippen LogP contribution in [0.4, 0.5) is 5.69 Å². The highest BCUT2D eigenvalue weighted by atomic mass is 16.1. The first-order valence-corrected chi connectivity index (χ1v) is 6.20. The molecule has 1 aromatic rings. The molecule has 1 aliphatic carbocycles. The van der Waals surface area contributed by atoms with Crippen LogP contribution in [0.1, 0.15) is 18.9 Å². The number of hydrogen-bond acceptors (Lipinski definition) is 2. The third-order valence-corrected chi connectivity index (χ3v) is 2.90. The summed E-state index contributed by atoms with van der Waals surface area (Å²) >= 11 is 0. The molecule has 0 spiro atoms. The van der Waals surface area contributed by atoms with Crippen molar-refractivity contribution in [1.29, 1.82) is 0 Å². The third kappa shape index (κ3) is 3.10. The van der Waals surface area contributed by atoms with Gasteiger partial charge in [-0.25, -0.2) is 0 Å². The number of nitrogens with zero attached hydrogens (tertiary/aromatic N) is 1. The van der Waals surface area contributed by atoms with E-state index in [1.807, 2.05) is 12.2 Å². The smallest absolute Gasteiger partial charge is 0.149 e. The van der Waals surface area contributed by atoms with E-state index in [1.54, 1.807) is 6.92 Å². The van der Waals surface area contributed by atoms with Crippen molar-refractivity contribution in [3.05, 3.63) is 60.2 Å². The average Bonchev–Trinajstić information content (AvgIpc) is 2.38. The summed E-state index contributed by atoms with van der Waals surface area (Å²) in [6.07, 6.45) is 9.25. The fourth-order valence-electron chi connectivity index (χ4n) is 1.98. The summed E-state index contributed by atoms with van der Waals surface area (Å²) in [5.41, 5.74) is 3.38. The first-order chi connectivity index (χ1) is 8.66. The minimum Gasteiger partial charge on any atom is -0.334 e. The standard InChI is InChI=1S/C16H18NO/c1-13-8-10-16(11-9-13)17(12-14(2)18)15-6-4-3-5-7-15/h3-4,6-11H,5,12H2,1-2H3. The van der Waals surface area contributed by atoms with Crippen LogP contribution in [-0.2, 0) is 4.79 Å². The van der Waals surface area contributed by atoms with Gasteiger partial charge in [0.1, 0.15) is 5.78 Å². The molecule has 0 heterocycles. The van der Waals surface area contributed by atoms with E-state index in [0.717, 1.165) is 17.8 Å². The van der Waals surface area contributed by atoms with Gasteiger partial charge in [-0.1, -0.05) is 29.8 Å². The number of Topliss-reactive ketones (excluding diaryl/α,β-unsaturated/α-hetero) is 1. The normalized spacial score (nSPS) is 14.2. The van der Waals surface area contributed by atoms with E-state index in [4.69, 9.17) is 0 Å². The molecule has 93 valence electrons. The Balaban J connectivity index is 2.29. The predicted octanol–water partition coefficient (Wildman–Crippen LogP) is 3.44. The Morgan fingerprint density at radius 2 is 2.00 bits per heavy atom. The van der Waals surface area contributed by atoms with Crippen LogP contribution in [0.3, 0.4) is 0 Å². The Morgan fingerprint density at radius 3 is 2.56 bits per heavy atom. The minimum absolute atomic E-state index is 0.166. The van der Waals surface area contributed by atoms with E-state index < -0.39 is 0 Å². The van der Waals surface area contributed by atoms with E-state index in [-0.39, 0.29) is 5.78 Å². The molecule has 1 aliphatic rings.